The molecule has 210 valence electrons. The zero-order valence-electron chi connectivity index (χ0n) is 24.8. The van der Waals surface area contributed by atoms with Crippen molar-refractivity contribution in [3.05, 3.63) is 69.7 Å². The Kier molecular flexibility index (Phi) is 9.47. The Labute approximate surface area is 234 Å². The molecule has 0 radical (unpaired) electrons. The van der Waals surface area contributed by atoms with Crippen LogP contribution in [0.2, 0.25) is 0 Å². The van der Waals surface area contributed by atoms with Gasteiger partial charge in [-0.25, -0.2) is 4.68 Å². The van der Waals surface area contributed by atoms with Crippen molar-refractivity contribution in [2.75, 3.05) is 13.7 Å². The molecule has 2 aromatic heterocycles. The van der Waals surface area contributed by atoms with Crippen molar-refractivity contribution in [1.82, 2.24) is 14.8 Å². The molecule has 0 saturated carbocycles. The van der Waals surface area contributed by atoms with Crippen LogP contribution in [0.5, 0.6) is 11.6 Å². The number of aryl methyl sites for hydroxylation is 3. The number of hydrogen-bond acceptors (Lipinski definition) is 5. The monoisotopic (exact) mass is 531 g/mol. The van der Waals surface area contributed by atoms with Gasteiger partial charge in [0.05, 0.1) is 19.4 Å². The van der Waals surface area contributed by atoms with E-state index in [1.54, 1.807) is 18.7 Å². The molecule has 0 saturated heterocycles. The number of nitrogens with zero attached hydrogens (tertiary/aromatic N) is 3. The molecule has 6 nitrogen and oxygen atoms in total. The largest absolute Gasteiger partial charge is 0.496 e. The zero-order valence-corrected chi connectivity index (χ0v) is 24.8. The average Bonchev–Trinajstić information content (AvgIpc) is 3.25. The SMILES string of the molecule is COc1c(C(C)C)cc(C(CC(C)=O)Cc2cc(OCCc3ccc4c(n3)CCCC4)n(C)n2)cc1C(C)C. The van der Waals surface area contributed by atoms with Crippen LogP contribution in [0.1, 0.15) is 111 Å². The Hall–Kier alpha value is -3.15. The molecule has 1 aliphatic rings. The number of pyridine rings is 1. The number of hydrogen-bond donors (Lipinski definition) is 0. The third-order valence-corrected chi connectivity index (χ3v) is 7.81. The number of aromatic nitrogens is 3. The summed E-state index contributed by atoms with van der Waals surface area (Å²) in [6.07, 6.45) is 6.64. The molecule has 6 heteroatoms. The first-order valence-corrected chi connectivity index (χ1v) is 14.5. The summed E-state index contributed by atoms with van der Waals surface area (Å²) in [5.41, 5.74) is 8.23. The normalized spacial score (nSPS) is 14.0. The number of benzene rings is 1. The summed E-state index contributed by atoms with van der Waals surface area (Å²) < 4.78 is 13.8. The smallest absolute Gasteiger partial charge is 0.211 e. The lowest BCUT2D eigenvalue weighted by atomic mass is 9.84. The number of ketones is 1. The van der Waals surface area contributed by atoms with Gasteiger partial charge in [0.15, 0.2) is 0 Å². The first kappa shape index (κ1) is 28.8. The lowest BCUT2D eigenvalue weighted by Crippen LogP contribution is -2.11. The number of fused-ring (bicyclic) bond motifs is 1. The summed E-state index contributed by atoms with van der Waals surface area (Å²) in [5, 5.41) is 4.76. The molecule has 4 rings (SSSR count). The predicted octanol–water partition coefficient (Wildman–Crippen LogP) is 6.88. The van der Waals surface area contributed by atoms with Gasteiger partial charge in [-0.2, -0.15) is 5.10 Å². The highest BCUT2D eigenvalue weighted by molar-refractivity contribution is 5.76. The van der Waals surface area contributed by atoms with E-state index in [2.05, 4.69) is 52.0 Å². The van der Waals surface area contributed by atoms with E-state index in [4.69, 9.17) is 19.6 Å². The second-order valence-corrected chi connectivity index (χ2v) is 11.7. The van der Waals surface area contributed by atoms with E-state index in [1.165, 1.54) is 40.8 Å². The van der Waals surface area contributed by atoms with Crippen molar-refractivity contribution in [3.8, 4) is 11.6 Å². The minimum absolute atomic E-state index is 0.0332. The maximum Gasteiger partial charge on any atom is 0.211 e. The van der Waals surface area contributed by atoms with E-state index in [1.807, 2.05) is 13.1 Å². The molecule has 39 heavy (non-hydrogen) atoms. The van der Waals surface area contributed by atoms with Crippen LogP contribution in [-0.4, -0.2) is 34.3 Å². The molecule has 2 heterocycles. The standard InChI is InChI=1S/C33H45N3O3/c1-21(2)29-18-26(19-30(22(3)4)33(29)38-7)25(16-23(5)37)17-28-20-32(36(6)35-28)39-15-14-27-13-12-24-10-8-9-11-31(24)34-27/h12-13,18-22,25H,8-11,14-17H2,1-7H3. The van der Waals surface area contributed by atoms with Crippen LogP contribution in [0.3, 0.4) is 0 Å². The molecule has 1 aliphatic carbocycles. The second kappa shape index (κ2) is 12.8. The van der Waals surface area contributed by atoms with Crippen LogP contribution in [0, 0.1) is 0 Å². The van der Waals surface area contributed by atoms with Crippen molar-refractivity contribution in [2.45, 2.75) is 97.3 Å². The molecule has 0 N–H and O–H groups in total. The minimum Gasteiger partial charge on any atom is -0.496 e. The summed E-state index contributed by atoms with van der Waals surface area (Å²) in [5.74, 6) is 2.55. The fraction of sp³-hybridized carbons (Fsp3) is 0.545. The fourth-order valence-electron chi connectivity index (χ4n) is 5.70. The lowest BCUT2D eigenvalue weighted by molar-refractivity contribution is -0.117. The van der Waals surface area contributed by atoms with Crippen molar-refractivity contribution in [2.24, 2.45) is 7.05 Å². The van der Waals surface area contributed by atoms with E-state index >= 15 is 0 Å². The van der Waals surface area contributed by atoms with Crippen LogP contribution in [0.25, 0.3) is 0 Å². The average molecular weight is 532 g/mol. The Bertz CT molecular complexity index is 1260. The number of ether oxygens (including phenoxy) is 2. The molecule has 1 aromatic carbocycles. The maximum atomic E-state index is 12.3. The molecule has 0 bridgehead atoms. The number of Topliss-reactive ketones (excluding diaryl/α,β-unsaturated/α-hetero) is 1. The van der Waals surface area contributed by atoms with Gasteiger partial charge in [-0.3, -0.25) is 4.98 Å². The Morgan fingerprint density at radius 1 is 1.00 bits per heavy atom. The third-order valence-electron chi connectivity index (χ3n) is 7.81. The van der Waals surface area contributed by atoms with Crippen molar-refractivity contribution in [1.29, 1.82) is 0 Å². The molecular weight excluding hydrogens is 486 g/mol. The number of carbonyl (C=O) groups excluding carboxylic acids is 1. The Morgan fingerprint density at radius 3 is 2.33 bits per heavy atom. The lowest BCUT2D eigenvalue weighted by Gasteiger charge is -2.23. The molecule has 0 spiro atoms. The zero-order chi connectivity index (χ0) is 28.1. The van der Waals surface area contributed by atoms with Gasteiger partial charge in [-0.1, -0.05) is 45.9 Å². The Balaban J connectivity index is 1.50. The second-order valence-electron chi connectivity index (χ2n) is 11.7. The Morgan fingerprint density at radius 2 is 1.69 bits per heavy atom. The van der Waals surface area contributed by atoms with Gasteiger partial charge < -0.3 is 14.3 Å². The first-order valence-electron chi connectivity index (χ1n) is 14.5. The predicted molar refractivity (Wildman–Crippen MR) is 156 cm³/mol. The number of methoxy groups -OCH3 is 1. The van der Waals surface area contributed by atoms with E-state index < -0.39 is 0 Å². The highest BCUT2D eigenvalue weighted by Gasteiger charge is 2.23. The van der Waals surface area contributed by atoms with E-state index in [0.717, 1.165) is 42.3 Å². The van der Waals surface area contributed by atoms with E-state index in [9.17, 15) is 4.79 Å². The molecular formula is C33H45N3O3. The topological polar surface area (TPSA) is 66.2 Å². The molecule has 1 unspecified atom stereocenters. The van der Waals surface area contributed by atoms with Crippen molar-refractivity contribution >= 4 is 5.78 Å². The van der Waals surface area contributed by atoms with Gasteiger partial charge >= 0.3 is 0 Å². The molecule has 3 aromatic rings. The molecule has 0 amide bonds. The van der Waals surface area contributed by atoms with Gasteiger partial charge in [0, 0.05) is 37.3 Å². The van der Waals surface area contributed by atoms with Gasteiger partial charge in [0.25, 0.3) is 0 Å². The summed E-state index contributed by atoms with van der Waals surface area (Å²) >= 11 is 0. The van der Waals surface area contributed by atoms with Gasteiger partial charge in [-0.05, 0) is 85.1 Å². The summed E-state index contributed by atoms with van der Waals surface area (Å²) in [6, 6.07) is 10.9. The molecule has 1 atom stereocenters. The third kappa shape index (κ3) is 7.09. The van der Waals surface area contributed by atoms with Gasteiger partial charge in [0.2, 0.25) is 5.88 Å². The van der Waals surface area contributed by atoms with Crippen LogP contribution in [0.15, 0.2) is 30.3 Å². The summed E-state index contributed by atoms with van der Waals surface area (Å²) in [7, 11) is 3.66. The summed E-state index contributed by atoms with van der Waals surface area (Å²) in [4.78, 5) is 17.2. The highest BCUT2D eigenvalue weighted by atomic mass is 16.5. The number of carbonyl (C=O) groups is 1. The van der Waals surface area contributed by atoms with Crippen LogP contribution in [-0.2, 0) is 37.5 Å². The van der Waals surface area contributed by atoms with Crippen molar-refractivity contribution in [3.63, 3.8) is 0 Å². The van der Waals surface area contributed by atoms with Crippen LogP contribution < -0.4 is 9.47 Å². The van der Waals surface area contributed by atoms with Crippen LogP contribution in [0.4, 0.5) is 0 Å². The van der Waals surface area contributed by atoms with E-state index in [-0.39, 0.29) is 11.7 Å². The van der Waals surface area contributed by atoms with E-state index in [0.29, 0.717) is 31.3 Å². The fourth-order valence-corrected chi connectivity index (χ4v) is 5.70. The van der Waals surface area contributed by atoms with Crippen LogP contribution >= 0.6 is 0 Å². The first-order chi connectivity index (χ1) is 18.7. The maximum absolute atomic E-state index is 12.3. The van der Waals surface area contributed by atoms with Gasteiger partial charge in [0.1, 0.15) is 11.5 Å². The molecule has 0 aliphatic heterocycles. The number of rotatable bonds is 12. The summed E-state index contributed by atoms with van der Waals surface area (Å²) in [6.45, 7) is 11.0. The highest BCUT2D eigenvalue weighted by Crippen LogP contribution is 2.39. The van der Waals surface area contributed by atoms with Gasteiger partial charge in [-0.15, -0.1) is 0 Å². The molecule has 0 fully saturated rings. The minimum atomic E-state index is 0.0332. The van der Waals surface area contributed by atoms with Crippen molar-refractivity contribution < 1.29 is 14.3 Å². The quantitative estimate of drug-likeness (QED) is 0.255.